The summed E-state index contributed by atoms with van der Waals surface area (Å²) in [7, 11) is 0. The summed E-state index contributed by atoms with van der Waals surface area (Å²) < 4.78 is 11.0. The molecule has 0 spiro atoms. The zero-order valence-corrected chi connectivity index (χ0v) is 18.4. The van der Waals surface area contributed by atoms with E-state index in [0.717, 1.165) is 5.56 Å². The minimum atomic E-state index is -0.516. The van der Waals surface area contributed by atoms with E-state index in [1.54, 1.807) is 42.5 Å². The van der Waals surface area contributed by atoms with Gasteiger partial charge in [0.05, 0.1) is 10.9 Å². The lowest BCUT2D eigenvalue weighted by Crippen LogP contribution is -2.06. The van der Waals surface area contributed by atoms with Gasteiger partial charge in [0.2, 0.25) is 0 Å². The van der Waals surface area contributed by atoms with Gasteiger partial charge in [0.1, 0.15) is 17.6 Å². The minimum absolute atomic E-state index is 0.170. The normalized spacial score (nSPS) is 11.4. The van der Waals surface area contributed by atoms with E-state index in [9.17, 15) is 9.59 Å². The predicted molar refractivity (Wildman–Crippen MR) is 128 cm³/mol. The molecule has 1 aromatic heterocycles. The van der Waals surface area contributed by atoms with Crippen LogP contribution in [0.4, 0.5) is 0 Å². The van der Waals surface area contributed by atoms with Gasteiger partial charge < -0.3 is 9.15 Å². The Hall–Kier alpha value is -3.63. The Morgan fingerprint density at radius 3 is 2.41 bits per heavy atom. The molecule has 0 amide bonds. The van der Waals surface area contributed by atoms with Crippen LogP contribution in [0, 0.1) is 0 Å². The molecule has 32 heavy (non-hydrogen) atoms. The fourth-order valence-electron chi connectivity index (χ4n) is 3.31. The summed E-state index contributed by atoms with van der Waals surface area (Å²) in [6.07, 6.45) is 4.47. The van der Waals surface area contributed by atoms with Crippen molar-refractivity contribution in [3.05, 3.63) is 105 Å². The third kappa shape index (κ3) is 4.82. The van der Waals surface area contributed by atoms with E-state index < -0.39 is 5.97 Å². The van der Waals surface area contributed by atoms with Crippen molar-refractivity contribution in [1.29, 1.82) is 0 Å². The van der Waals surface area contributed by atoms with Crippen LogP contribution in [0.3, 0.4) is 0 Å². The van der Waals surface area contributed by atoms with Crippen molar-refractivity contribution in [1.82, 2.24) is 0 Å². The molecule has 4 aromatic rings. The molecular formula is C27H21ClO4. The number of rotatable bonds is 5. The zero-order valence-electron chi connectivity index (χ0n) is 17.7. The van der Waals surface area contributed by atoms with Crippen LogP contribution in [-0.2, 0) is 4.79 Å². The molecule has 4 rings (SSSR count). The molecule has 0 aliphatic carbocycles. The van der Waals surface area contributed by atoms with Crippen LogP contribution in [0.2, 0.25) is 5.02 Å². The molecule has 0 atom stereocenters. The van der Waals surface area contributed by atoms with Crippen LogP contribution in [0.15, 0.2) is 88.3 Å². The third-order valence-electron chi connectivity index (χ3n) is 5.13. The van der Waals surface area contributed by atoms with Crippen molar-refractivity contribution in [2.24, 2.45) is 0 Å². The van der Waals surface area contributed by atoms with Crippen molar-refractivity contribution in [2.45, 2.75) is 19.8 Å². The Balaban J connectivity index is 1.51. The standard InChI is InChI=1S/C27H21ClO4/c1-17(2)19-6-3-18(4-7-19)5-14-26(29)32-22-12-13-23-25(15-22)31-16-24(27(23)30)20-8-10-21(28)11-9-20/h3-17H,1-2H3. The second kappa shape index (κ2) is 9.25. The SMILES string of the molecule is CC(C)c1ccc(C=CC(=O)Oc2ccc3c(=O)c(-c4ccc(Cl)cc4)coc3c2)cc1. The lowest BCUT2D eigenvalue weighted by atomic mass is 10.0. The zero-order chi connectivity index (χ0) is 22.7. The van der Waals surface area contributed by atoms with E-state index in [4.69, 9.17) is 20.8 Å². The number of halogens is 1. The molecule has 5 heteroatoms. The van der Waals surface area contributed by atoms with Gasteiger partial charge in [-0.2, -0.15) is 0 Å². The van der Waals surface area contributed by atoms with Gasteiger partial charge in [-0.15, -0.1) is 0 Å². The molecule has 0 bridgehead atoms. The Morgan fingerprint density at radius 2 is 1.72 bits per heavy atom. The Kier molecular flexibility index (Phi) is 6.24. The largest absolute Gasteiger partial charge is 0.463 e. The van der Waals surface area contributed by atoms with E-state index >= 15 is 0 Å². The first kappa shape index (κ1) is 21.6. The van der Waals surface area contributed by atoms with Gasteiger partial charge in [0.25, 0.3) is 0 Å². The highest BCUT2D eigenvalue weighted by atomic mass is 35.5. The Labute approximate surface area is 190 Å². The Morgan fingerprint density at radius 1 is 1.00 bits per heavy atom. The fraction of sp³-hybridized carbons (Fsp3) is 0.111. The Bertz CT molecular complexity index is 1350. The van der Waals surface area contributed by atoms with Crippen LogP contribution in [0.1, 0.15) is 30.9 Å². The molecule has 0 aliphatic rings. The molecule has 0 unspecified atom stereocenters. The molecular weight excluding hydrogens is 424 g/mol. The summed E-state index contributed by atoms with van der Waals surface area (Å²) in [5.41, 5.74) is 3.46. The summed E-state index contributed by atoms with van der Waals surface area (Å²) in [6.45, 7) is 4.26. The maximum absolute atomic E-state index is 12.9. The van der Waals surface area contributed by atoms with E-state index in [0.29, 0.717) is 38.8 Å². The smallest absolute Gasteiger partial charge is 0.336 e. The van der Waals surface area contributed by atoms with Crippen molar-refractivity contribution in [3.63, 3.8) is 0 Å². The van der Waals surface area contributed by atoms with Gasteiger partial charge in [0.15, 0.2) is 5.43 Å². The number of hydrogen-bond donors (Lipinski definition) is 0. The molecule has 0 saturated heterocycles. The van der Waals surface area contributed by atoms with Gasteiger partial charge in [-0.3, -0.25) is 4.79 Å². The number of ether oxygens (including phenoxy) is 1. The minimum Gasteiger partial charge on any atom is -0.463 e. The summed E-state index contributed by atoms with van der Waals surface area (Å²) in [4.78, 5) is 25.1. The van der Waals surface area contributed by atoms with Gasteiger partial charge in [-0.05, 0) is 52.9 Å². The van der Waals surface area contributed by atoms with Gasteiger partial charge in [-0.1, -0.05) is 61.8 Å². The van der Waals surface area contributed by atoms with Crippen molar-refractivity contribution < 1.29 is 13.9 Å². The highest BCUT2D eigenvalue weighted by Gasteiger charge is 2.11. The first-order chi connectivity index (χ1) is 15.4. The summed E-state index contributed by atoms with van der Waals surface area (Å²) in [5, 5.41) is 0.991. The van der Waals surface area contributed by atoms with E-state index in [2.05, 4.69) is 13.8 Å². The number of esters is 1. The molecule has 0 fully saturated rings. The molecule has 160 valence electrons. The first-order valence-corrected chi connectivity index (χ1v) is 10.6. The first-order valence-electron chi connectivity index (χ1n) is 10.2. The molecule has 3 aromatic carbocycles. The second-order valence-corrected chi connectivity index (χ2v) is 8.16. The van der Waals surface area contributed by atoms with Crippen LogP contribution < -0.4 is 10.2 Å². The lowest BCUT2D eigenvalue weighted by molar-refractivity contribution is -0.128. The number of benzene rings is 3. The van der Waals surface area contributed by atoms with Crippen LogP contribution in [0.25, 0.3) is 28.2 Å². The molecule has 1 heterocycles. The van der Waals surface area contributed by atoms with Crippen molar-refractivity contribution in [3.8, 4) is 16.9 Å². The van der Waals surface area contributed by atoms with Gasteiger partial charge in [-0.25, -0.2) is 4.79 Å². The average molecular weight is 445 g/mol. The molecule has 0 saturated carbocycles. The van der Waals surface area contributed by atoms with Crippen LogP contribution in [-0.4, -0.2) is 5.97 Å². The highest BCUT2D eigenvalue weighted by molar-refractivity contribution is 6.30. The predicted octanol–water partition coefficient (Wildman–Crippen LogP) is 6.86. The quantitative estimate of drug-likeness (QED) is 0.192. The van der Waals surface area contributed by atoms with E-state index in [-0.39, 0.29) is 5.43 Å². The molecule has 4 nitrogen and oxygen atoms in total. The van der Waals surface area contributed by atoms with Gasteiger partial charge in [0, 0.05) is 17.2 Å². The second-order valence-electron chi connectivity index (χ2n) is 7.72. The number of carbonyl (C=O) groups excluding carboxylic acids is 1. The number of fused-ring (bicyclic) bond motifs is 1. The van der Waals surface area contributed by atoms with Gasteiger partial charge >= 0.3 is 5.97 Å². The summed E-state index contributed by atoms with van der Waals surface area (Å²) >= 11 is 5.92. The summed E-state index contributed by atoms with van der Waals surface area (Å²) in [5.74, 6) is 0.232. The van der Waals surface area contributed by atoms with Crippen molar-refractivity contribution >= 4 is 34.6 Å². The maximum atomic E-state index is 12.9. The van der Waals surface area contributed by atoms with E-state index in [1.807, 2.05) is 24.3 Å². The fourth-order valence-corrected chi connectivity index (χ4v) is 3.43. The monoisotopic (exact) mass is 444 g/mol. The van der Waals surface area contributed by atoms with E-state index in [1.165, 1.54) is 24.0 Å². The average Bonchev–Trinajstić information content (AvgIpc) is 2.79. The third-order valence-corrected chi connectivity index (χ3v) is 5.39. The molecule has 0 aliphatic heterocycles. The topological polar surface area (TPSA) is 56.5 Å². The highest BCUT2D eigenvalue weighted by Crippen LogP contribution is 2.24. The van der Waals surface area contributed by atoms with Crippen LogP contribution >= 0.6 is 11.6 Å². The molecule has 0 radical (unpaired) electrons. The molecule has 0 N–H and O–H groups in total. The maximum Gasteiger partial charge on any atom is 0.336 e. The number of hydrogen-bond acceptors (Lipinski definition) is 4. The lowest BCUT2D eigenvalue weighted by Gasteiger charge is -2.06. The van der Waals surface area contributed by atoms with Crippen LogP contribution in [0.5, 0.6) is 5.75 Å². The van der Waals surface area contributed by atoms with Crippen molar-refractivity contribution in [2.75, 3.05) is 0 Å². The summed E-state index contributed by atoms with van der Waals surface area (Å²) in [6, 6.07) is 19.7. The number of carbonyl (C=O) groups is 1.